The van der Waals surface area contributed by atoms with E-state index in [1.807, 2.05) is 0 Å². The molecule has 1 aliphatic carbocycles. The van der Waals surface area contributed by atoms with Crippen molar-refractivity contribution in [1.29, 1.82) is 0 Å². The number of carbonyl (C=O) groups is 1. The summed E-state index contributed by atoms with van der Waals surface area (Å²) in [6.45, 7) is 1.57. The number of aliphatic hydroxyl groups is 1. The fourth-order valence-corrected chi connectivity index (χ4v) is 6.05. The minimum Gasteiger partial charge on any atom is -0.449 e. The number of aromatic nitrogens is 1. The van der Waals surface area contributed by atoms with Crippen LogP contribution in [0.15, 0.2) is 17.1 Å². The highest BCUT2D eigenvalue weighted by Crippen LogP contribution is 2.44. The number of ether oxygens (including phenoxy) is 1. The molecule has 1 aromatic carbocycles. The highest BCUT2D eigenvalue weighted by atomic mass is 19.1. The summed E-state index contributed by atoms with van der Waals surface area (Å²) in [7, 11) is 0. The summed E-state index contributed by atoms with van der Waals surface area (Å²) in [5.74, 6) is -1.83. The molecular weight excluding hydrogens is 424 g/mol. The standard InChI is InChI=1S/C22H23F2N3O5/c23-15-5-14-19(27(11-1-2-11)9-17(21(14)29)32-22(30)31)18(24)20(15)25-6-10-3-12-4-13(28)7-26(12)16(10)8-25/h5,9-13,16,28H,1-4,6-8H2,(H,30,31). The summed E-state index contributed by atoms with van der Waals surface area (Å²) >= 11 is 0. The number of fused-ring (bicyclic) bond motifs is 4. The maximum absolute atomic E-state index is 15.9. The Morgan fingerprint density at radius 2 is 1.91 bits per heavy atom. The number of pyridine rings is 1. The van der Waals surface area contributed by atoms with E-state index < -0.39 is 29.0 Å². The smallest absolute Gasteiger partial charge is 0.449 e. The van der Waals surface area contributed by atoms with Crippen molar-refractivity contribution < 1.29 is 28.5 Å². The monoisotopic (exact) mass is 447 g/mol. The van der Waals surface area contributed by atoms with Crippen LogP contribution in [0.4, 0.5) is 19.3 Å². The van der Waals surface area contributed by atoms with Gasteiger partial charge in [0.15, 0.2) is 11.6 Å². The van der Waals surface area contributed by atoms with Crippen molar-refractivity contribution in [3.63, 3.8) is 0 Å². The first kappa shape index (κ1) is 19.9. The molecule has 2 N–H and O–H groups in total. The van der Waals surface area contributed by atoms with Gasteiger partial charge < -0.3 is 24.4 Å². The molecule has 170 valence electrons. The number of aliphatic hydroxyl groups excluding tert-OH is 1. The van der Waals surface area contributed by atoms with E-state index in [4.69, 9.17) is 5.11 Å². The van der Waals surface area contributed by atoms with Crippen LogP contribution in [0.25, 0.3) is 10.9 Å². The summed E-state index contributed by atoms with van der Waals surface area (Å²) < 4.78 is 37.2. The van der Waals surface area contributed by atoms with Crippen LogP contribution in [0.2, 0.25) is 0 Å². The van der Waals surface area contributed by atoms with Crippen molar-refractivity contribution >= 4 is 22.7 Å². The van der Waals surface area contributed by atoms with Crippen LogP contribution < -0.4 is 15.1 Å². The van der Waals surface area contributed by atoms with Crippen molar-refractivity contribution in [2.45, 2.75) is 49.9 Å². The van der Waals surface area contributed by atoms with Crippen LogP contribution in [0.5, 0.6) is 5.75 Å². The van der Waals surface area contributed by atoms with Gasteiger partial charge in [-0.05, 0) is 37.7 Å². The van der Waals surface area contributed by atoms with E-state index in [1.165, 1.54) is 10.8 Å². The number of nitrogens with zero attached hydrogens (tertiary/aromatic N) is 3. The van der Waals surface area contributed by atoms with E-state index in [-0.39, 0.29) is 40.7 Å². The van der Waals surface area contributed by atoms with Gasteiger partial charge >= 0.3 is 6.16 Å². The van der Waals surface area contributed by atoms with E-state index in [2.05, 4.69) is 9.64 Å². The molecule has 0 spiro atoms. The maximum Gasteiger partial charge on any atom is 0.511 e. The third kappa shape index (κ3) is 2.92. The van der Waals surface area contributed by atoms with Gasteiger partial charge in [0.2, 0.25) is 5.43 Å². The Kier molecular flexibility index (Phi) is 4.29. The molecule has 4 aliphatic rings. The maximum atomic E-state index is 15.9. The second-order valence-corrected chi connectivity index (χ2v) is 9.45. The molecular formula is C22H23F2N3O5. The molecule has 3 saturated heterocycles. The van der Waals surface area contributed by atoms with Crippen molar-refractivity contribution in [3.8, 4) is 5.75 Å². The van der Waals surface area contributed by atoms with Gasteiger partial charge in [-0.25, -0.2) is 13.6 Å². The molecule has 1 aromatic heterocycles. The fraction of sp³-hybridized carbons (Fsp3) is 0.545. The molecule has 4 heterocycles. The average Bonchev–Trinajstić information content (AvgIpc) is 3.29. The van der Waals surface area contributed by atoms with Crippen molar-refractivity contribution in [3.05, 3.63) is 34.1 Å². The Morgan fingerprint density at radius 1 is 1.12 bits per heavy atom. The first-order chi connectivity index (χ1) is 15.3. The third-order valence-corrected chi connectivity index (χ3v) is 7.45. The zero-order chi connectivity index (χ0) is 22.3. The average molecular weight is 447 g/mol. The number of benzene rings is 1. The van der Waals surface area contributed by atoms with Gasteiger partial charge in [0.25, 0.3) is 0 Å². The summed E-state index contributed by atoms with van der Waals surface area (Å²) in [5, 5.41) is 18.7. The fourth-order valence-electron chi connectivity index (χ4n) is 6.05. The number of hydrogen-bond acceptors (Lipinski definition) is 6. The lowest BCUT2D eigenvalue weighted by Crippen LogP contribution is -2.37. The number of carboxylic acid groups (broad SMARTS) is 1. The van der Waals surface area contributed by atoms with E-state index in [0.29, 0.717) is 25.7 Å². The molecule has 8 nitrogen and oxygen atoms in total. The van der Waals surface area contributed by atoms with Gasteiger partial charge in [-0.2, -0.15) is 0 Å². The van der Waals surface area contributed by atoms with Crippen molar-refractivity contribution in [2.75, 3.05) is 24.5 Å². The van der Waals surface area contributed by atoms with Gasteiger partial charge in [-0.1, -0.05) is 0 Å². The van der Waals surface area contributed by atoms with E-state index in [0.717, 1.165) is 31.7 Å². The summed E-state index contributed by atoms with van der Waals surface area (Å²) in [5.41, 5.74) is -1.02. The molecule has 0 bridgehead atoms. The highest BCUT2D eigenvalue weighted by molar-refractivity contribution is 5.86. The van der Waals surface area contributed by atoms with Crippen molar-refractivity contribution in [1.82, 2.24) is 9.47 Å². The van der Waals surface area contributed by atoms with E-state index >= 15 is 8.78 Å². The van der Waals surface area contributed by atoms with Crippen LogP contribution in [0.3, 0.4) is 0 Å². The predicted molar refractivity (Wildman–Crippen MR) is 110 cm³/mol. The summed E-state index contributed by atoms with van der Waals surface area (Å²) in [6.07, 6.45) is 2.37. The molecule has 1 saturated carbocycles. The Balaban J connectivity index is 1.43. The van der Waals surface area contributed by atoms with Gasteiger partial charge in [-0.15, -0.1) is 0 Å². The van der Waals surface area contributed by atoms with Crippen LogP contribution in [0.1, 0.15) is 31.7 Å². The summed E-state index contributed by atoms with van der Waals surface area (Å²) in [4.78, 5) is 27.7. The zero-order valence-corrected chi connectivity index (χ0v) is 17.2. The SMILES string of the molecule is O=C(O)Oc1cn(C2CC2)c2c(F)c(N3CC4CC5CC(O)CN5C4C3)c(F)cc2c1=O. The molecule has 10 heteroatoms. The molecule has 3 aliphatic heterocycles. The Morgan fingerprint density at radius 3 is 2.62 bits per heavy atom. The molecule has 4 unspecified atom stereocenters. The first-order valence-corrected chi connectivity index (χ1v) is 11.0. The third-order valence-electron chi connectivity index (χ3n) is 7.45. The zero-order valence-electron chi connectivity index (χ0n) is 17.2. The molecule has 6 rings (SSSR count). The van der Waals surface area contributed by atoms with Gasteiger partial charge in [0.1, 0.15) is 11.5 Å². The number of halogens is 2. The van der Waals surface area contributed by atoms with Crippen LogP contribution in [-0.2, 0) is 0 Å². The number of rotatable bonds is 3. The van der Waals surface area contributed by atoms with E-state index in [9.17, 15) is 14.7 Å². The lowest BCUT2D eigenvalue weighted by Gasteiger charge is -2.26. The van der Waals surface area contributed by atoms with Crippen molar-refractivity contribution in [2.24, 2.45) is 5.92 Å². The molecule has 0 amide bonds. The van der Waals surface area contributed by atoms with Crippen LogP contribution in [-0.4, -0.2) is 63.7 Å². The highest BCUT2D eigenvalue weighted by Gasteiger charge is 2.50. The number of anilines is 1. The molecule has 2 aromatic rings. The minimum atomic E-state index is -1.66. The molecule has 4 atom stereocenters. The van der Waals surface area contributed by atoms with Gasteiger partial charge in [0, 0.05) is 37.8 Å². The first-order valence-electron chi connectivity index (χ1n) is 11.0. The second kappa shape index (κ2) is 6.89. The topological polar surface area (TPSA) is 95.2 Å². The lowest BCUT2D eigenvalue weighted by molar-refractivity contribution is 0.143. The van der Waals surface area contributed by atoms with Crippen LogP contribution >= 0.6 is 0 Å². The Hall–Kier alpha value is -2.72. The normalized spacial score (nSPS) is 29.5. The molecule has 0 radical (unpaired) electrons. The quantitative estimate of drug-likeness (QED) is 0.698. The Bertz CT molecular complexity index is 1200. The van der Waals surface area contributed by atoms with Gasteiger partial charge in [0.05, 0.1) is 23.2 Å². The van der Waals surface area contributed by atoms with Crippen LogP contribution in [0, 0.1) is 17.6 Å². The lowest BCUT2D eigenvalue weighted by atomic mass is 10.00. The Labute approximate surface area is 181 Å². The molecule has 32 heavy (non-hydrogen) atoms. The molecule has 4 fully saturated rings. The largest absolute Gasteiger partial charge is 0.511 e. The second-order valence-electron chi connectivity index (χ2n) is 9.45. The minimum absolute atomic E-state index is 0.0156. The van der Waals surface area contributed by atoms with Gasteiger partial charge in [-0.3, -0.25) is 9.69 Å². The predicted octanol–water partition coefficient (Wildman–Crippen LogP) is 2.32. The van der Waals surface area contributed by atoms with E-state index in [1.54, 1.807) is 4.90 Å². The number of hydrogen-bond donors (Lipinski definition) is 2. The summed E-state index contributed by atoms with van der Waals surface area (Å²) in [6, 6.07) is 1.39.